The Kier molecular flexibility index (Phi) is 6.08. The average molecular weight is 387 g/mol. The van der Waals surface area contributed by atoms with E-state index in [2.05, 4.69) is 34.0 Å². The van der Waals surface area contributed by atoms with Gasteiger partial charge in [-0.05, 0) is 42.0 Å². The van der Waals surface area contributed by atoms with Crippen LogP contribution < -0.4 is 21.7 Å². The van der Waals surface area contributed by atoms with E-state index in [1.54, 1.807) is 6.20 Å². The molecule has 8 heteroatoms. The zero-order valence-electron chi connectivity index (χ0n) is 15.7. The number of allylic oxidation sites excluding steroid dienone is 2. The number of fused-ring (bicyclic) bond motifs is 1. The van der Waals surface area contributed by atoms with Crippen molar-refractivity contribution in [2.45, 2.75) is 13.8 Å². The minimum atomic E-state index is -0.703. The fourth-order valence-corrected chi connectivity index (χ4v) is 3.96. The van der Waals surface area contributed by atoms with Gasteiger partial charge in [0.15, 0.2) is 0 Å². The predicted octanol–water partition coefficient (Wildman–Crippen LogP) is 1.91. The number of nitrogens with one attached hydrogen (secondary N) is 1. The van der Waals surface area contributed by atoms with Crippen LogP contribution in [-0.2, 0) is 11.2 Å². The van der Waals surface area contributed by atoms with E-state index in [1.165, 1.54) is 0 Å². The number of pyridine rings is 2. The molecule has 1 saturated heterocycles. The summed E-state index contributed by atoms with van der Waals surface area (Å²) in [7, 11) is 0. The number of nitrogens with zero attached hydrogens (tertiary/aromatic N) is 3. The molecule has 2 aromatic heterocycles. The standard InChI is InChI=1S/C19H26N6OS/c1-13(2)14(11-20)9-18(21)24-19-4-3-16-17(23-19)10-15(12-22-16)25-5-7-27(26)8-6-25/h3-4,9-13H,5-8,20-21H2,1-2H3,(H,23,24)/b14-11+,18-9+. The SMILES string of the molecule is CC(C)C(=C/N)/C=C(\N)Nc1ccc2ncc(N3CC[S+]([O-])CC3)cc2n1. The maximum atomic E-state index is 11.6. The Morgan fingerprint density at radius 2 is 2.04 bits per heavy atom. The third-order valence-electron chi connectivity index (χ3n) is 4.52. The number of hydrogen-bond donors (Lipinski definition) is 3. The molecule has 0 spiro atoms. The maximum absolute atomic E-state index is 11.6. The molecule has 3 heterocycles. The van der Waals surface area contributed by atoms with E-state index in [1.807, 2.05) is 30.5 Å². The summed E-state index contributed by atoms with van der Waals surface area (Å²) in [5.74, 6) is 2.80. The summed E-state index contributed by atoms with van der Waals surface area (Å²) in [5.41, 5.74) is 15.3. The molecule has 0 unspecified atom stereocenters. The second kappa shape index (κ2) is 8.49. The van der Waals surface area contributed by atoms with Gasteiger partial charge in [-0.1, -0.05) is 25.0 Å². The molecule has 0 radical (unpaired) electrons. The summed E-state index contributed by atoms with van der Waals surface area (Å²) >= 11 is -0.703. The van der Waals surface area contributed by atoms with Gasteiger partial charge >= 0.3 is 0 Å². The van der Waals surface area contributed by atoms with Crippen LogP contribution in [0.15, 0.2) is 48.1 Å². The normalized spacial score (nSPS) is 17.0. The Labute approximate surface area is 162 Å². The van der Waals surface area contributed by atoms with Crippen LogP contribution in [0.5, 0.6) is 0 Å². The quantitative estimate of drug-likeness (QED) is 0.531. The van der Waals surface area contributed by atoms with Gasteiger partial charge in [0.25, 0.3) is 0 Å². The van der Waals surface area contributed by atoms with Crippen molar-refractivity contribution >= 4 is 33.7 Å². The molecule has 0 aliphatic carbocycles. The summed E-state index contributed by atoms with van der Waals surface area (Å²) in [6.07, 6.45) is 5.23. The molecule has 1 fully saturated rings. The van der Waals surface area contributed by atoms with Gasteiger partial charge in [0.2, 0.25) is 0 Å². The molecule has 1 aliphatic rings. The molecule has 0 bridgehead atoms. The highest BCUT2D eigenvalue weighted by molar-refractivity contribution is 7.91. The molecule has 0 saturated carbocycles. The number of hydrogen-bond acceptors (Lipinski definition) is 7. The third kappa shape index (κ3) is 4.84. The van der Waals surface area contributed by atoms with Crippen molar-refractivity contribution in [3.8, 4) is 0 Å². The second-order valence-corrected chi connectivity index (χ2v) is 8.51. The van der Waals surface area contributed by atoms with Crippen LogP contribution in [-0.4, -0.2) is 39.1 Å². The van der Waals surface area contributed by atoms with E-state index in [-0.39, 0.29) is 5.92 Å². The smallest absolute Gasteiger partial charge is 0.132 e. The Balaban J connectivity index is 1.80. The first kappa shape index (κ1) is 19.3. The number of rotatable bonds is 5. The molecular weight excluding hydrogens is 360 g/mol. The van der Waals surface area contributed by atoms with Crippen molar-refractivity contribution in [1.82, 2.24) is 9.97 Å². The average Bonchev–Trinajstić information content (AvgIpc) is 2.66. The maximum Gasteiger partial charge on any atom is 0.132 e. The number of anilines is 2. The van der Waals surface area contributed by atoms with Gasteiger partial charge in [0, 0.05) is 0 Å². The largest absolute Gasteiger partial charge is 0.616 e. The molecule has 5 N–H and O–H groups in total. The second-order valence-electron chi connectivity index (χ2n) is 6.81. The molecule has 1 aliphatic heterocycles. The Morgan fingerprint density at radius 3 is 2.70 bits per heavy atom. The summed E-state index contributed by atoms with van der Waals surface area (Å²) in [6, 6.07) is 5.77. The Hall–Kier alpha value is -2.45. The molecular formula is C19H26N6OS. The van der Waals surface area contributed by atoms with Crippen LogP contribution in [0, 0.1) is 5.92 Å². The van der Waals surface area contributed by atoms with Gasteiger partial charge in [-0.25, -0.2) is 4.98 Å². The molecule has 3 rings (SSSR count). The van der Waals surface area contributed by atoms with Gasteiger partial charge in [-0.15, -0.1) is 0 Å². The van der Waals surface area contributed by atoms with Crippen LogP contribution in [0.25, 0.3) is 11.0 Å². The van der Waals surface area contributed by atoms with Crippen LogP contribution in [0.3, 0.4) is 0 Å². The first-order valence-corrected chi connectivity index (χ1v) is 10.5. The minimum Gasteiger partial charge on any atom is -0.616 e. The van der Waals surface area contributed by atoms with Crippen molar-refractivity contribution < 1.29 is 4.55 Å². The number of aromatic nitrogens is 2. The minimum absolute atomic E-state index is 0.283. The highest BCUT2D eigenvalue weighted by Gasteiger charge is 2.20. The van der Waals surface area contributed by atoms with Gasteiger partial charge in [-0.2, -0.15) is 0 Å². The first-order valence-electron chi connectivity index (χ1n) is 8.99. The van der Waals surface area contributed by atoms with Crippen LogP contribution in [0.2, 0.25) is 0 Å². The van der Waals surface area contributed by atoms with Crippen molar-refractivity contribution in [3.63, 3.8) is 0 Å². The fourth-order valence-electron chi connectivity index (χ4n) is 2.91. The molecule has 27 heavy (non-hydrogen) atoms. The highest BCUT2D eigenvalue weighted by atomic mass is 32.2. The Morgan fingerprint density at radius 1 is 1.30 bits per heavy atom. The van der Waals surface area contributed by atoms with Crippen molar-refractivity contribution in [2.75, 3.05) is 34.8 Å². The monoisotopic (exact) mass is 386 g/mol. The van der Waals surface area contributed by atoms with Crippen LogP contribution >= 0.6 is 0 Å². The molecule has 2 aromatic rings. The van der Waals surface area contributed by atoms with Gasteiger partial charge in [0.05, 0.1) is 36.0 Å². The molecule has 0 amide bonds. The topological polar surface area (TPSA) is 116 Å². The first-order chi connectivity index (χ1) is 13.0. The van der Waals surface area contributed by atoms with Crippen LogP contribution in [0.4, 0.5) is 11.5 Å². The van der Waals surface area contributed by atoms with E-state index in [0.717, 1.165) is 35.4 Å². The zero-order chi connectivity index (χ0) is 19.4. The summed E-state index contributed by atoms with van der Waals surface area (Å²) < 4.78 is 11.6. The van der Waals surface area contributed by atoms with E-state index < -0.39 is 11.2 Å². The van der Waals surface area contributed by atoms with Crippen molar-refractivity contribution in [2.24, 2.45) is 17.4 Å². The van der Waals surface area contributed by atoms with Gasteiger partial charge in [0.1, 0.15) is 23.1 Å². The molecule has 0 atom stereocenters. The van der Waals surface area contributed by atoms with Gasteiger partial charge < -0.3 is 26.2 Å². The van der Waals surface area contributed by atoms with Gasteiger partial charge in [-0.3, -0.25) is 4.98 Å². The van der Waals surface area contributed by atoms with Crippen molar-refractivity contribution in [3.05, 3.63) is 48.1 Å². The predicted molar refractivity (Wildman–Crippen MR) is 113 cm³/mol. The van der Waals surface area contributed by atoms with E-state index >= 15 is 0 Å². The Bertz CT molecular complexity index is 858. The van der Waals surface area contributed by atoms with E-state index in [4.69, 9.17) is 11.5 Å². The third-order valence-corrected chi connectivity index (χ3v) is 5.80. The summed E-state index contributed by atoms with van der Waals surface area (Å²) in [5, 5.41) is 3.11. The lowest BCUT2D eigenvalue weighted by Crippen LogP contribution is -2.40. The van der Waals surface area contributed by atoms with Crippen molar-refractivity contribution in [1.29, 1.82) is 0 Å². The lowest BCUT2D eigenvalue weighted by Gasteiger charge is -2.29. The van der Waals surface area contributed by atoms with E-state index in [0.29, 0.717) is 23.1 Å². The fraction of sp³-hybridized carbons (Fsp3) is 0.368. The summed E-state index contributed by atoms with van der Waals surface area (Å²) in [4.78, 5) is 11.3. The summed E-state index contributed by atoms with van der Waals surface area (Å²) in [6.45, 7) is 5.66. The molecule has 7 nitrogen and oxygen atoms in total. The van der Waals surface area contributed by atoms with Crippen LogP contribution in [0.1, 0.15) is 13.8 Å². The highest BCUT2D eigenvalue weighted by Crippen LogP contribution is 2.22. The molecule has 0 aromatic carbocycles. The molecule has 144 valence electrons. The number of nitrogens with two attached hydrogens (primary N) is 2. The zero-order valence-corrected chi connectivity index (χ0v) is 16.5. The lowest BCUT2D eigenvalue weighted by molar-refractivity contribution is 0.586. The van der Waals surface area contributed by atoms with E-state index in [9.17, 15) is 4.55 Å². The lowest BCUT2D eigenvalue weighted by atomic mass is 10.0.